The van der Waals surface area contributed by atoms with E-state index in [1.807, 2.05) is 24.3 Å². The Hall–Kier alpha value is -1.57. The van der Waals surface area contributed by atoms with Gasteiger partial charge in [0, 0.05) is 15.3 Å². The van der Waals surface area contributed by atoms with Crippen molar-refractivity contribution in [3.8, 4) is 0 Å². The normalized spacial score (nSPS) is 15.1. The summed E-state index contributed by atoms with van der Waals surface area (Å²) in [5.41, 5.74) is 7.73. The van der Waals surface area contributed by atoms with Gasteiger partial charge in [-0.2, -0.15) is 0 Å². The van der Waals surface area contributed by atoms with Gasteiger partial charge in [-0.15, -0.1) is 0 Å². The first-order chi connectivity index (χ1) is 10.2. The second-order valence-corrected chi connectivity index (χ2v) is 6.49. The molecule has 21 heavy (non-hydrogen) atoms. The fraction of sp³-hybridized carbons (Fsp3) is 0.333. The van der Waals surface area contributed by atoms with Crippen molar-refractivity contribution in [1.29, 1.82) is 0 Å². The summed E-state index contributed by atoms with van der Waals surface area (Å²) in [6.07, 6.45) is 6.46. The molecule has 1 aromatic heterocycles. The van der Waals surface area contributed by atoms with E-state index < -0.39 is 0 Å². The lowest BCUT2D eigenvalue weighted by Crippen LogP contribution is -2.17. The lowest BCUT2D eigenvalue weighted by atomic mass is 10.2. The van der Waals surface area contributed by atoms with Crippen LogP contribution in [0.1, 0.15) is 25.7 Å². The van der Waals surface area contributed by atoms with E-state index in [0.29, 0.717) is 17.5 Å². The van der Waals surface area contributed by atoms with Crippen LogP contribution in [-0.2, 0) is 0 Å². The molecule has 6 heteroatoms. The third-order valence-electron chi connectivity index (χ3n) is 3.69. The Morgan fingerprint density at radius 3 is 2.43 bits per heavy atom. The number of nitrogens with one attached hydrogen (secondary N) is 2. The van der Waals surface area contributed by atoms with Crippen molar-refractivity contribution in [3.05, 3.63) is 34.2 Å². The SMILES string of the molecule is Nc1c(Nc2ccc(I)cc2)ncnc1NC1CCCC1. The molecule has 5 nitrogen and oxygen atoms in total. The molecule has 0 aliphatic heterocycles. The molecule has 1 fully saturated rings. The van der Waals surface area contributed by atoms with Crippen LogP contribution in [-0.4, -0.2) is 16.0 Å². The molecule has 0 radical (unpaired) electrons. The van der Waals surface area contributed by atoms with Crippen LogP contribution in [0.5, 0.6) is 0 Å². The standard InChI is InChI=1S/C15H18IN5/c16-10-5-7-12(8-6-10)21-15-13(17)14(18-9-19-15)20-11-3-1-2-4-11/h5-9,11H,1-4,17H2,(H2,18,19,20,21). The van der Waals surface area contributed by atoms with Gasteiger partial charge in [0.2, 0.25) is 0 Å². The largest absolute Gasteiger partial charge is 0.393 e. The lowest BCUT2D eigenvalue weighted by molar-refractivity contribution is 0.750. The van der Waals surface area contributed by atoms with Crippen LogP contribution in [0.3, 0.4) is 0 Å². The van der Waals surface area contributed by atoms with Crippen molar-refractivity contribution in [3.63, 3.8) is 0 Å². The van der Waals surface area contributed by atoms with Crippen molar-refractivity contribution in [2.75, 3.05) is 16.4 Å². The minimum atomic E-state index is 0.480. The molecule has 110 valence electrons. The average molecular weight is 395 g/mol. The second-order valence-electron chi connectivity index (χ2n) is 5.24. The van der Waals surface area contributed by atoms with Gasteiger partial charge in [-0.25, -0.2) is 9.97 Å². The Balaban J connectivity index is 1.77. The topological polar surface area (TPSA) is 75.9 Å². The molecule has 1 aliphatic carbocycles. The first-order valence-corrected chi connectivity index (χ1v) is 8.20. The van der Waals surface area contributed by atoms with Crippen LogP contribution in [0.2, 0.25) is 0 Å². The van der Waals surface area contributed by atoms with E-state index in [1.54, 1.807) is 6.33 Å². The summed E-state index contributed by atoms with van der Waals surface area (Å²) in [6, 6.07) is 8.57. The van der Waals surface area contributed by atoms with Gasteiger partial charge in [0.15, 0.2) is 11.6 Å². The molecule has 0 atom stereocenters. The highest BCUT2D eigenvalue weighted by molar-refractivity contribution is 14.1. The van der Waals surface area contributed by atoms with Gasteiger partial charge in [-0.3, -0.25) is 0 Å². The van der Waals surface area contributed by atoms with Gasteiger partial charge < -0.3 is 16.4 Å². The molecule has 4 N–H and O–H groups in total. The summed E-state index contributed by atoms with van der Waals surface area (Å²) in [7, 11) is 0. The summed E-state index contributed by atoms with van der Waals surface area (Å²) in [5, 5.41) is 6.67. The molecular formula is C15H18IN5. The zero-order valence-corrected chi connectivity index (χ0v) is 13.8. The lowest BCUT2D eigenvalue weighted by Gasteiger charge is -2.16. The molecule has 0 bridgehead atoms. The molecule has 3 rings (SSSR count). The molecule has 0 unspecified atom stereocenters. The summed E-state index contributed by atoms with van der Waals surface area (Å²) >= 11 is 2.28. The van der Waals surface area contributed by atoms with Crippen LogP contribution >= 0.6 is 22.6 Å². The highest BCUT2D eigenvalue weighted by Gasteiger charge is 2.17. The van der Waals surface area contributed by atoms with E-state index in [9.17, 15) is 0 Å². The van der Waals surface area contributed by atoms with Gasteiger partial charge >= 0.3 is 0 Å². The average Bonchev–Trinajstić information content (AvgIpc) is 2.99. The van der Waals surface area contributed by atoms with Crippen molar-refractivity contribution in [2.24, 2.45) is 0 Å². The maximum absolute atomic E-state index is 6.19. The van der Waals surface area contributed by atoms with Crippen molar-refractivity contribution >= 4 is 45.6 Å². The maximum atomic E-state index is 6.19. The predicted molar refractivity (Wildman–Crippen MR) is 94.8 cm³/mol. The summed E-state index contributed by atoms with van der Waals surface area (Å²) < 4.78 is 1.19. The number of anilines is 4. The van der Waals surface area contributed by atoms with E-state index in [4.69, 9.17) is 5.73 Å². The van der Waals surface area contributed by atoms with E-state index in [-0.39, 0.29) is 0 Å². The Bertz CT molecular complexity index is 608. The Labute approximate surface area is 137 Å². The number of nitrogen functional groups attached to an aromatic ring is 1. The molecule has 0 spiro atoms. The molecule has 1 heterocycles. The van der Waals surface area contributed by atoms with E-state index in [0.717, 1.165) is 11.5 Å². The van der Waals surface area contributed by atoms with E-state index in [1.165, 1.54) is 29.3 Å². The van der Waals surface area contributed by atoms with Crippen LogP contribution in [0, 0.1) is 3.57 Å². The number of aromatic nitrogens is 2. The number of halogens is 1. The third-order valence-corrected chi connectivity index (χ3v) is 4.41. The molecular weight excluding hydrogens is 377 g/mol. The maximum Gasteiger partial charge on any atom is 0.159 e. The molecule has 1 aromatic carbocycles. The van der Waals surface area contributed by atoms with Gasteiger partial charge in [-0.05, 0) is 59.7 Å². The van der Waals surface area contributed by atoms with Crippen LogP contribution in [0.15, 0.2) is 30.6 Å². The molecule has 1 saturated carbocycles. The Kier molecular flexibility index (Phi) is 4.42. The number of nitrogens with zero attached hydrogens (tertiary/aromatic N) is 2. The number of benzene rings is 1. The second kappa shape index (κ2) is 6.46. The first kappa shape index (κ1) is 14.4. The summed E-state index contributed by atoms with van der Waals surface area (Å²) in [5.74, 6) is 1.37. The molecule has 0 amide bonds. The van der Waals surface area contributed by atoms with Gasteiger partial charge in [-0.1, -0.05) is 12.8 Å². The van der Waals surface area contributed by atoms with E-state index in [2.05, 4.69) is 43.2 Å². The number of hydrogen-bond acceptors (Lipinski definition) is 5. The van der Waals surface area contributed by atoms with Crippen molar-refractivity contribution in [1.82, 2.24) is 9.97 Å². The smallest absolute Gasteiger partial charge is 0.159 e. The first-order valence-electron chi connectivity index (χ1n) is 7.12. The Morgan fingerprint density at radius 1 is 1.05 bits per heavy atom. The molecule has 1 aliphatic rings. The third kappa shape index (κ3) is 3.55. The molecule has 0 saturated heterocycles. The zero-order chi connectivity index (χ0) is 14.7. The van der Waals surface area contributed by atoms with E-state index >= 15 is 0 Å². The fourth-order valence-corrected chi connectivity index (χ4v) is 2.90. The zero-order valence-electron chi connectivity index (χ0n) is 11.6. The minimum absolute atomic E-state index is 0.480. The van der Waals surface area contributed by atoms with Crippen molar-refractivity contribution in [2.45, 2.75) is 31.7 Å². The van der Waals surface area contributed by atoms with Crippen LogP contribution in [0.25, 0.3) is 0 Å². The number of hydrogen-bond donors (Lipinski definition) is 3. The van der Waals surface area contributed by atoms with Crippen molar-refractivity contribution < 1.29 is 0 Å². The van der Waals surface area contributed by atoms with Gasteiger partial charge in [0.1, 0.15) is 12.0 Å². The van der Waals surface area contributed by atoms with Gasteiger partial charge in [0.05, 0.1) is 0 Å². The van der Waals surface area contributed by atoms with Gasteiger partial charge in [0.25, 0.3) is 0 Å². The fourth-order valence-electron chi connectivity index (χ4n) is 2.54. The number of nitrogens with two attached hydrogens (primary N) is 1. The minimum Gasteiger partial charge on any atom is -0.393 e. The predicted octanol–water partition coefficient (Wildman–Crippen LogP) is 3.76. The summed E-state index contributed by atoms with van der Waals surface area (Å²) in [6.45, 7) is 0. The quantitative estimate of drug-likeness (QED) is 0.688. The monoisotopic (exact) mass is 395 g/mol. The number of rotatable bonds is 4. The van der Waals surface area contributed by atoms with Crippen LogP contribution < -0.4 is 16.4 Å². The Morgan fingerprint density at radius 2 is 1.71 bits per heavy atom. The summed E-state index contributed by atoms with van der Waals surface area (Å²) in [4.78, 5) is 8.51. The van der Waals surface area contributed by atoms with Crippen LogP contribution in [0.4, 0.5) is 23.0 Å². The molecule has 2 aromatic rings. The highest BCUT2D eigenvalue weighted by Crippen LogP contribution is 2.29. The highest BCUT2D eigenvalue weighted by atomic mass is 127.